The molecule has 5 heteroatoms. The van der Waals surface area contributed by atoms with E-state index < -0.39 is 0 Å². The maximum atomic E-state index is 11.0. The molecule has 0 radical (unpaired) electrons. The van der Waals surface area contributed by atoms with Gasteiger partial charge in [-0.05, 0) is 37.6 Å². The number of benzene rings is 2. The zero-order valence-electron chi connectivity index (χ0n) is 11.8. The SMILES string of the molecule is Cc1ccc(NC(C)c2cccc(C#N)c2)cc1[N+](=O)[O-]. The molecule has 0 amide bonds. The second-order valence-corrected chi connectivity index (χ2v) is 4.86. The normalized spacial score (nSPS) is 11.5. The van der Waals surface area contributed by atoms with Crippen molar-refractivity contribution in [3.63, 3.8) is 0 Å². The molecule has 0 saturated carbocycles. The van der Waals surface area contributed by atoms with Gasteiger partial charge in [-0.25, -0.2) is 0 Å². The lowest BCUT2D eigenvalue weighted by atomic mass is 10.1. The summed E-state index contributed by atoms with van der Waals surface area (Å²) in [5.41, 5.74) is 2.96. The van der Waals surface area contributed by atoms with Crippen LogP contribution in [0.25, 0.3) is 0 Å². The van der Waals surface area contributed by atoms with Gasteiger partial charge in [0.2, 0.25) is 0 Å². The van der Waals surface area contributed by atoms with Gasteiger partial charge in [0.1, 0.15) is 0 Å². The van der Waals surface area contributed by atoms with E-state index in [-0.39, 0.29) is 16.7 Å². The van der Waals surface area contributed by atoms with Crippen LogP contribution >= 0.6 is 0 Å². The molecular formula is C16H15N3O2. The third-order valence-electron chi connectivity index (χ3n) is 3.30. The Labute approximate surface area is 123 Å². The lowest BCUT2D eigenvalue weighted by Crippen LogP contribution is -2.07. The summed E-state index contributed by atoms with van der Waals surface area (Å²) in [4.78, 5) is 10.6. The van der Waals surface area contributed by atoms with Crippen LogP contribution in [0.3, 0.4) is 0 Å². The molecule has 2 aromatic rings. The number of hydrogen-bond donors (Lipinski definition) is 1. The second kappa shape index (κ2) is 6.06. The Morgan fingerprint density at radius 2 is 2.05 bits per heavy atom. The highest BCUT2D eigenvalue weighted by Crippen LogP contribution is 2.25. The molecule has 0 bridgehead atoms. The fourth-order valence-electron chi connectivity index (χ4n) is 2.11. The summed E-state index contributed by atoms with van der Waals surface area (Å²) in [6, 6.07) is 14.4. The van der Waals surface area contributed by atoms with Crippen LogP contribution in [0.2, 0.25) is 0 Å². The molecule has 0 fully saturated rings. The monoisotopic (exact) mass is 281 g/mol. The Morgan fingerprint density at radius 3 is 2.71 bits per heavy atom. The summed E-state index contributed by atoms with van der Waals surface area (Å²) in [6.07, 6.45) is 0. The van der Waals surface area contributed by atoms with E-state index in [2.05, 4.69) is 11.4 Å². The summed E-state index contributed by atoms with van der Waals surface area (Å²) < 4.78 is 0. The second-order valence-electron chi connectivity index (χ2n) is 4.86. The van der Waals surface area contributed by atoms with Gasteiger partial charge in [-0.15, -0.1) is 0 Å². The Hall–Kier alpha value is -2.87. The minimum Gasteiger partial charge on any atom is -0.378 e. The number of nitriles is 1. The first-order valence-electron chi connectivity index (χ1n) is 6.53. The van der Waals surface area contributed by atoms with Crippen LogP contribution in [0, 0.1) is 28.4 Å². The van der Waals surface area contributed by atoms with Gasteiger partial charge >= 0.3 is 0 Å². The van der Waals surface area contributed by atoms with E-state index in [1.807, 2.05) is 25.1 Å². The molecule has 1 N–H and O–H groups in total. The number of anilines is 1. The molecule has 0 aliphatic carbocycles. The molecule has 0 heterocycles. The Kier molecular flexibility index (Phi) is 4.19. The lowest BCUT2D eigenvalue weighted by molar-refractivity contribution is -0.385. The molecule has 2 rings (SSSR count). The molecule has 21 heavy (non-hydrogen) atoms. The van der Waals surface area contributed by atoms with Crippen LogP contribution in [0.5, 0.6) is 0 Å². The topological polar surface area (TPSA) is 79.0 Å². The molecule has 2 aromatic carbocycles. The first kappa shape index (κ1) is 14.5. The average molecular weight is 281 g/mol. The summed E-state index contributed by atoms with van der Waals surface area (Å²) in [7, 11) is 0. The molecule has 0 spiro atoms. The van der Waals surface area contributed by atoms with Gasteiger partial charge in [0.05, 0.1) is 16.6 Å². The molecule has 106 valence electrons. The van der Waals surface area contributed by atoms with Gasteiger partial charge in [-0.3, -0.25) is 10.1 Å². The molecule has 1 atom stereocenters. The van der Waals surface area contributed by atoms with E-state index >= 15 is 0 Å². The first-order valence-corrected chi connectivity index (χ1v) is 6.53. The number of nitro benzene ring substituents is 1. The van der Waals surface area contributed by atoms with Crippen molar-refractivity contribution in [3.05, 3.63) is 69.3 Å². The summed E-state index contributed by atoms with van der Waals surface area (Å²) >= 11 is 0. The Morgan fingerprint density at radius 1 is 1.29 bits per heavy atom. The number of nitrogens with zero attached hydrogens (tertiary/aromatic N) is 2. The van der Waals surface area contributed by atoms with E-state index in [9.17, 15) is 10.1 Å². The molecule has 0 aliphatic heterocycles. The highest BCUT2D eigenvalue weighted by Gasteiger charge is 2.13. The lowest BCUT2D eigenvalue weighted by Gasteiger charge is -2.16. The highest BCUT2D eigenvalue weighted by atomic mass is 16.6. The van der Waals surface area contributed by atoms with Crippen LogP contribution in [0.4, 0.5) is 11.4 Å². The van der Waals surface area contributed by atoms with Crippen molar-refractivity contribution in [2.75, 3.05) is 5.32 Å². The summed E-state index contributed by atoms with van der Waals surface area (Å²) in [6.45, 7) is 3.66. The van der Waals surface area contributed by atoms with Crippen LogP contribution in [-0.4, -0.2) is 4.92 Å². The van der Waals surface area contributed by atoms with E-state index in [1.54, 1.807) is 25.1 Å². The van der Waals surface area contributed by atoms with E-state index in [4.69, 9.17) is 5.26 Å². The van der Waals surface area contributed by atoms with Crippen LogP contribution in [-0.2, 0) is 0 Å². The molecule has 1 unspecified atom stereocenters. The van der Waals surface area contributed by atoms with Gasteiger partial charge in [0.25, 0.3) is 5.69 Å². The maximum Gasteiger partial charge on any atom is 0.274 e. The standard InChI is InChI=1S/C16H15N3O2/c1-11-6-7-15(9-16(11)19(20)21)18-12(2)14-5-3-4-13(8-14)10-17/h3-9,12,18H,1-2H3. The van der Waals surface area contributed by atoms with Crippen molar-refractivity contribution in [3.8, 4) is 6.07 Å². The molecule has 0 aromatic heterocycles. The summed E-state index contributed by atoms with van der Waals surface area (Å²) in [5, 5.41) is 23.1. The van der Waals surface area contributed by atoms with E-state index in [0.717, 1.165) is 5.56 Å². The largest absolute Gasteiger partial charge is 0.378 e. The smallest absolute Gasteiger partial charge is 0.274 e. The van der Waals surface area contributed by atoms with Crippen molar-refractivity contribution in [1.29, 1.82) is 5.26 Å². The molecule has 5 nitrogen and oxygen atoms in total. The quantitative estimate of drug-likeness (QED) is 0.679. The number of rotatable bonds is 4. The number of hydrogen-bond acceptors (Lipinski definition) is 4. The van der Waals surface area contributed by atoms with Crippen LogP contribution in [0.15, 0.2) is 42.5 Å². The Bertz CT molecular complexity index is 720. The van der Waals surface area contributed by atoms with Crippen molar-refractivity contribution in [1.82, 2.24) is 0 Å². The number of nitro groups is 1. The van der Waals surface area contributed by atoms with E-state index in [0.29, 0.717) is 16.8 Å². The van der Waals surface area contributed by atoms with Gasteiger partial charge in [-0.2, -0.15) is 5.26 Å². The first-order chi connectivity index (χ1) is 10.0. The van der Waals surface area contributed by atoms with Crippen molar-refractivity contribution < 1.29 is 4.92 Å². The zero-order valence-corrected chi connectivity index (χ0v) is 11.8. The molecule has 0 aliphatic rings. The zero-order chi connectivity index (χ0) is 15.4. The van der Waals surface area contributed by atoms with Gasteiger partial charge in [0.15, 0.2) is 0 Å². The minimum atomic E-state index is -0.387. The predicted octanol–water partition coefficient (Wildman–Crippen LogP) is 3.95. The Balaban J connectivity index is 2.23. The van der Waals surface area contributed by atoms with Crippen molar-refractivity contribution >= 4 is 11.4 Å². The maximum absolute atomic E-state index is 11.0. The molecular weight excluding hydrogens is 266 g/mol. The van der Waals surface area contributed by atoms with E-state index in [1.165, 1.54) is 6.07 Å². The minimum absolute atomic E-state index is 0.0550. The number of nitrogens with one attached hydrogen (secondary N) is 1. The van der Waals surface area contributed by atoms with Gasteiger partial charge in [-0.1, -0.05) is 18.2 Å². The fraction of sp³-hybridized carbons (Fsp3) is 0.188. The van der Waals surface area contributed by atoms with Crippen molar-refractivity contribution in [2.45, 2.75) is 19.9 Å². The predicted molar refractivity (Wildman–Crippen MR) is 81.0 cm³/mol. The highest BCUT2D eigenvalue weighted by molar-refractivity contribution is 5.56. The third-order valence-corrected chi connectivity index (χ3v) is 3.30. The van der Waals surface area contributed by atoms with Gasteiger partial charge in [0, 0.05) is 23.4 Å². The van der Waals surface area contributed by atoms with Crippen LogP contribution in [0.1, 0.15) is 29.7 Å². The van der Waals surface area contributed by atoms with Gasteiger partial charge < -0.3 is 5.32 Å². The summed E-state index contributed by atoms with van der Waals surface area (Å²) in [5.74, 6) is 0. The van der Waals surface area contributed by atoms with Crippen LogP contribution < -0.4 is 5.32 Å². The third kappa shape index (κ3) is 3.37. The van der Waals surface area contributed by atoms with Crippen molar-refractivity contribution in [2.24, 2.45) is 0 Å². The average Bonchev–Trinajstić information content (AvgIpc) is 2.49. The number of aryl methyl sites for hydroxylation is 1. The molecule has 0 saturated heterocycles. The fourth-order valence-corrected chi connectivity index (χ4v) is 2.11.